The molecule has 0 saturated carbocycles. The zero-order valence-corrected chi connectivity index (χ0v) is 14.8. The number of fused-ring (bicyclic) bond motifs is 1. The molecule has 1 heteroatoms. The molecule has 1 atom stereocenters. The Morgan fingerprint density at radius 2 is 1.60 bits per heavy atom. The third kappa shape index (κ3) is 2.98. The van der Waals surface area contributed by atoms with Gasteiger partial charge in [0.1, 0.15) is 0 Å². The normalized spacial score (nSPS) is 15.7. The fourth-order valence-corrected chi connectivity index (χ4v) is 3.64. The Morgan fingerprint density at radius 3 is 2.40 bits per heavy atom. The van der Waals surface area contributed by atoms with E-state index in [1.54, 1.807) is 0 Å². The van der Waals surface area contributed by atoms with E-state index in [-0.39, 0.29) is 0 Å². The van der Waals surface area contributed by atoms with E-state index < -0.39 is 0 Å². The van der Waals surface area contributed by atoms with Crippen LogP contribution < -0.4 is 4.90 Å². The lowest BCUT2D eigenvalue weighted by molar-refractivity contribution is 0.771. The highest BCUT2D eigenvalue weighted by molar-refractivity contribution is 5.80. The minimum absolute atomic E-state index is 0.595. The van der Waals surface area contributed by atoms with E-state index in [1.165, 1.54) is 33.8 Å². The van der Waals surface area contributed by atoms with E-state index in [2.05, 4.69) is 104 Å². The molecule has 0 saturated heterocycles. The standard InChI is InChI=1S/C24H23N/c1-18-10-8-11-20-17-22(15-16-23(18)20)25(21-12-4-3-5-13-21)24-14-7-6-9-19(24)2/h3-9,11-18H,10H2,1-2H3. The van der Waals surface area contributed by atoms with Gasteiger partial charge in [-0.3, -0.25) is 0 Å². The second-order valence-electron chi connectivity index (χ2n) is 6.81. The maximum absolute atomic E-state index is 2.35. The van der Waals surface area contributed by atoms with E-state index in [0.29, 0.717) is 5.92 Å². The van der Waals surface area contributed by atoms with E-state index in [4.69, 9.17) is 0 Å². The lowest BCUT2D eigenvalue weighted by atomic mass is 9.88. The van der Waals surface area contributed by atoms with Crippen molar-refractivity contribution in [3.63, 3.8) is 0 Å². The van der Waals surface area contributed by atoms with Gasteiger partial charge in [-0.15, -0.1) is 0 Å². The quantitative estimate of drug-likeness (QED) is 0.502. The number of hydrogen-bond acceptors (Lipinski definition) is 1. The van der Waals surface area contributed by atoms with Gasteiger partial charge in [0.2, 0.25) is 0 Å². The zero-order valence-electron chi connectivity index (χ0n) is 14.8. The summed E-state index contributed by atoms with van der Waals surface area (Å²) in [6, 6.07) is 26.1. The Kier molecular flexibility index (Phi) is 4.15. The molecule has 0 aromatic heterocycles. The van der Waals surface area contributed by atoms with Crippen LogP contribution in [0.2, 0.25) is 0 Å². The van der Waals surface area contributed by atoms with E-state index in [9.17, 15) is 0 Å². The predicted octanol–water partition coefficient (Wildman–Crippen LogP) is 6.99. The molecule has 4 rings (SSSR count). The molecule has 0 radical (unpaired) electrons. The Labute approximate surface area is 150 Å². The highest BCUT2D eigenvalue weighted by atomic mass is 15.1. The molecule has 0 fully saturated rings. The summed E-state index contributed by atoms with van der Waals surface area (Å²) in [6.45, 7) is 4.48. The van der Waals surface area contributed by atoms with E-state index >= 15 is 0 Å². The molecule has 1 unspecified atom stereocenters. The first-order valence-corrected chi connectivity index (χ1v) is 8.95. The maximum Gasteiger partial charge on any atom is 0.0490 e. The second-order valence-corrected chi connectivity index (χ2v) is 6.81. The lowest BCUT2D eigenvalue weighted by Gasteiger charge is -2.28. The fraction of sp³-hybridized carbons (Fsp3) is 0.167. The van der Waals surface area contributed by atoms with Gasteiger partial charge in [-0.2, -0.15) is 0 Å². The molecule has 0 bridgehead atoms. The first-order chi connectivity index (χ1) is 12.2. The average Bonchev–Trinajstić information content (AvgIpc) is 2.65. The van der Waals surface area contributed by atoms with Gasteiger partial charge < -0.3 is 4.90 Å². The van der Waals surface area contributed by atoms with Gasteiger partial charge in [-0.1, -0.05) is 61.5 Å². The molecule has 1 aliphatic rings. The number of aryl methyl sites for hydroxylation is 1. The number of hydrogen-bond donors (Lipinski definition) is 0. The van der Waals surface area contributed by atoms with Crippen molar-refractivity contribution in [2.24, 2.45) is 0 Å². The molecule has 0 heterocycles. The van der Waals surface area contributed by atoms with Crippen LogP contribution in [-0.4, -0.2) is 0 Å². The minimum atomic E-state index is 0.595. The summed E-state index contributed by atoms with van der Waals surface area (Å²) in [4.78, 5) is 2.35. The van der Waals surface area contributed by atoms with Crippen LogP contribution >= 0.6 is 0 Å². The summed E-state index contributed by atoms with van der Waals surface area (Å²) in [7, 11) is 0. The Hall–Kier alpha value is -2.80. The Morgan fingerprint density at radius 1 is 0.840 bits per heavy atom. The van der Waals surface area contributed by atoms with Gasteiger partial charge in [-0.25, -0.2) is 0 Å². The van der Waals surface area contributed by atoms with Crippen molar-refractivity contribution in [2.45, 2.75) is 26.2 Å². The third-order valence-electron chi connectivity index (χ3n) is 5.02. The SMILES string of the molecule is Cc1ccccc1N(c1ccccc1)c1ccc2c(c1)C=CCC2C. The third-order valence-corrected chi connectivity index (χ3v) is 5.02. The topological polar surface area (TPSA) is 3.24 Å². The van der Waals surface area contributed by atoms with Crippen LogP contribution in [0.3, 0.4) is 0 Å². The molecule has 0 aliphatic heterocycles. The predicted molar refractivity (Wildman–Crippen MR) is 108 cm³/mol. The number of benzene rings is 3. The highest BCUT2D eigenvalue weighted by Crippen LogP contribution is 2.39. The van der Waals surface area contributed by atoms with Crippen molar-refractivity contribution in [3.05, 3.63) is 95.6 Å². The van der Waals surface area contributed by atoms with Crippen molar-refractivity contribution in [1.82, 2.24) is 0 Å². The van der Waals surface area contributed by atoms with Crippen molar-refractivity contribution in [2.75, 3.05) is 4.90 Å². The van der Waals surface area contributed by atoms with Crippen LogP contribution in [0.25, 0.3) is 6.08 Å². The molecule has 0 N–H and O–H groups in total. The van der Waals surface area contributed by atoms with Gasteiger partial charge in [0.25, 0.3) is 0 Å². The molecule has 25 heavy (non-hydrogen) atoms. The van der Waals surface area contributed by atoms with Gasteiger partial charge >= 0.3 is 0 Å². The first kappa shape index (κ1) is 15.7. The van der Waals surface area contributed by atoms with Crippen LogP contribution in [-0.2, 0) is 0 Å². The van der Waals surface area contributed by atoms with Crippen molar-refractivity contribution in [1.29, 1.82) is 0 Å². The van der Waals surface area contributed by atoms with Crippen molar-refractivity contribution >= 4 is 23.1 Å². The number of anilines is 3. The lowest BCUT2D eigenvalue weighted by Crippen LogP contribution is -2.12. The fourth-order valence-electron chi connectivity index (χ4n) is 3.64. The summed E-state index contributed by atoms with van der Waals surface area (Å²) in [6.07, 6.45) is 5.68. The molecular weight excluding hydrogens is 302 g/mol. The summed E-state index contributed by atoms with van der Waals surface area (Å²) < 4.78 is 0. The monoisotopic (exact) mass is 325 g/mol. The largest absolute Gasteiger partial charge is 0.310 e. The van der Waals surface area contributed by atoms with Crippen molar-refractivity contribution < 1.29 is 0 Å². The second kappa shape index (κ2) is 6.60. The number of para-hydroxylation sites is 2. The summed E-state index contributed by atoms with van der Waals surface area (Å²) in [5.41, 5.74) is 7.67. The summed E-state index contributed by atoms with van der Waals surface area (Å²) in [5.74, 6) is 0.595. The van der Waals surface area contributed by atoms with Gasteiger partial charge in [-0.05, 0) is 66.3 Å². The van der Waals surface area contributed by atoms with Crippen LogP contribution in [0.5, 0.6) is 0 Å². The van der Waals surface area contributed by atoms with Crippen LogP contribution in [0.1, 0.15) is 36.0 Å². The van der Waals surface area contributed by atoms with Crippen LogP contribution in [0.15, 0.2) is 78.9 Å². The smallest absolute Gasteiger partial charge is 0.0490 e. The van der Waals surface area contributed by atoms with Crippen LogP contribution in [0.4, 0.5) is 17.1 Å². The van der Waals surface area contributed by atoms with Gasteiger partial charge in [0.05, 0.1) is 0 Å². The van der Waals surface area contributed by atoms with Gasteiger partial charge in [0.15, 0.2) is 0 Å². The number of nitrogens with zero attached hydrogens (tertiary/aromatic N) is 1. The molecular formula is C24H23N. The molecule has 1 aliphatic carbocycles. The summed E-state index contributed by atoms with van der Waals surface area (Å²) >= 11 is 0. The molecule has 1 nitrogen and oxygen atoms in total. The molecule has 3 aromatic carbocycles. The minimum Gasteiger partial charge on any atom is -0.310 e. The maximum atomic E-state index is 2.35. The summed E-state index contributed by atoms with van der Waals surface area (Å²) in [5, 5.41) is 0. The van der Waals surface area contributed by atoms with Crippen LogP contribution in [0, 0.1) is 6.92 Å². The van der Waals surface area contributed by atoms with Crippen molar-refractivity contribution in [3.8, 4) is 0 Å². The molecule has 3 aromatic rings. The number of allylic oxidation sites excluding steroid dienone is 1. The van der Waals surface area contributed by atoms with Gasteiger partial charge in [0, 0.05) is 17.1 Å². The molecule has 0 amide bonds. The average molecular weight is 325 g/mol. The number of rotatable bonds is 3. The first-order valence-electron chi connectivity index (χ1n) is 8.95. The van der Waals surface area contributed by atoms with E-state index in [0.717, 1.165) is 6.42 Å². The Bertz CT molecular complexity index is 908. The molecule has 124 valence electrons. The van der Waals surface area contributed by atoms with E-state index in [1.807, 2.05) is 0 Å². The zero-order chi connectivity index (χ0) is 17.2. The Balaban J connectivity index is 1.88. The highest BCUT2D eigenvalue weighted by Gasteiger charge is 2.17. The molecule has 0 spiro atoms.